The minimum atomic E-state index is -0.908. The molecule has 2 bridgehead atoms. The molecule has 2 aliphatic rings. The van der Waals surface area contributed by atoms with Crippen LogP contribution in [0.3, 0.4) is 0 Å². The van der Waals surface area contributed by atoms with Gasteiger partial charge in [-0.1, -0.05) is 42.5 Å². The molecule has 1 aromatic rings. The second-order valence-electron chi connectivity index (χ2n) is 6.04. The molecule has 1 N–H and O–H groups in total. The van der Waals surface area contributed by atoms with Gasteiger partial charge in [0.05, 0.1) is 0 Å². The average Bonchev–Trinajstić information content (AvgIpc) is 3.04. The van der Waals surface area contributed by atoms with E-state index in [1.807, 2.05) is 12.2 Å². The van der Waals surface area contributed by atoms with Crippen molar-refractivity contribution in [2.45, 2.75) is 38.0 Å². The van der Waals surface area contributed by atoms with Gasteiger partial charge in [0.2, 0.25) is 0 Å². The fraction of sp³-hybridized carbons (Fsp3) is 0.316. The summed E-state index contributed by atoms with van der Waals surface area (Å²) in [7, 11) is 0. The second kappa shape index (κ2) is 5.72. The monoisotopic (exact) mass is 280 g/mol. The minimum Gasteiger partial charge on any atom is -0.478 e. The lowest BCUT2D eigenvalue weighted by atomic mass is 9.90. The van der Waals surface area contributed by atoms with Crippen molar-refractivity contribution >= 4 is 12.0 Å². The van der Waals surface area contributed by atoms with Crippen LogP contribution in [0.4, 0.5) is 0 Å². The summed E-state index contributed by atoms with van der Waals surface area (Å²) in [5.74, 6) is 0.691. The fourth-order valence-electron chi connectivity index (χ4n) is 3.59. The zero-order valence-electron chi connectivity index (χ0n) is 12.3. The summed E-state index contributed by atoms with van der Waals surface area (Å²) >= 11 is 0. The van der Waals surface area contributed by atoms with Crippen LogP contribution in [-0.2, 0) is 4.79 Å². The summed E-state index contributed by atoms with van der Waals surface area (Å²) in [4.78, 5) is 10.5. The average molecular weight is 280 g/mol. The van der Waals surface area contributed by atoms with Crippen LogP contribution >= 0.6 is 0 Å². The molecular formula is C19H20O2. The Balaban J connectivity index is 1.69. The fourth-order valence-corrected chi connectivity index (χ4v) is 3.59. The van der Waals surface area contributed by atoms with Gasteiger partial charge in [0.1, 0.15) is 0 Å². The van der Waals surface area contributed by atoms with Crippen molar-refractivity contribution in [2.75, 3.05) is 0 Å². The van der Waals surface area contributed by atoms with Crippen LogP contribution in [0, 0.1) is 0 Å². The van der Waals surface area contributed by atoms with E-state index in [0.29, 0.717) is 0 Å². The molecule has 1 aromatic carbocycles. The Bertz CT molecular complexity index is 650. The van der Waals surface area contributed by atoms with Crippen LogP contribution in [0.1, 0.15) is 54.7 Å². The van der Waals surface area contributed by atoms with Gasteiger partial charge in [0.15, 0.2) is 0 Å². The van der Waals surface area contributed by atoms with E-state index in [9.17, 15) is 4.79 Å². The number of rotatable bonds is 4. The maximum absolute atomic E-state index is 10.5. The maximum Gasteiger partial charge on any atom is 0.328 e. The first-order valence-electron chi connectivity index (χ1n) is 7.53. The number of allylic oxidation sites excluding steroid dienone is 4. The predicted octanol–water partition coefficient (Wildman–Crippen LogP) is 4.65. The van der Waals surface area contributed by atoms with Crippen LogP contribution in [0.2, 0.25) is 0 Å². The number of carboxylic acid groups (broad SMARTS) is 1. The maximum atomic E-state index is 10.5. The molecule has 108 valence electrons. The van der Waals surface area contributed by atoms with Crippen molar-refractivity contribution in [3.63, 3.8) is 0 Å². The van der Waals surface area contributed by atoms with E-state index in [4.69, 9.17) is 5.11 Å². The van der Waals surface area contributed by atoms with Crippen LogP contribution in [0.5, 0.6) is 0 Å². The van der Waals surface area contributed by atoms with Crippen LogP contribution in [0.25, 0.3) is 6.08 Å². The van der Waals surface area contributed by atoms with Crippen molar-refractivity contribution in [3.05, 3.63) is 64.8 Å². The topological polar surface area (TPSA) is 37.3 Å². The highest BCUT2D eigenvalue weighted by molar-refractivity contribution is 5.81. The zero-order chi connectivity index (χ0) is 14.8. The molecule has 0 spiro atoms. The minimum absolute atomic E-state index is 0.735. The molecule has 2 atom stereocenters. The molecule has 2 heteroatoms. The molecule has 2 unspecified atom stereocenters. The molecule has 0 heterocycles. The van der Waals surface area contributed by atoms with E-state index >= 15 is 0 Å². The third-order valence-corrected chi connectivity index (χ3v) is 4.53. The van der Waals surface area contributed by atoms with Crippen LogP contribution < -0.4 is 0 Å². The number of hydrogen-bond acceptors (Lipinski definition) is 1. The third kappa shape index (κ3) is 2.99. The van der Waals surface area contributed by atoms with Crippen LogP contribution in [-0.4, -0.2) is 11.1 Å². The molecule has 0 radical (unpaired) electrons. The SMILES string of the molecule is CC(C=CC=Cc1ccc2c(c1)C1CCC2C1)=CC(=O)O. The number of aliphatic carboxylic acids is 1. The van der Waals surface area contributed by atoms with Gasteiger partial charge in [-0.15, -0.1) is 0 Å². The van der Waals surface area contributed by atoms with Gasteiger partial charge < -0.3 is 5.11 Å². The summed E-state index contributed by atoms with van der Waals surface area (Å²) in [6.45, 7) is 1.78. The van der Waals surface area contributed by atoms with E-state index < -0.39 is 5.97 Å². The van der Waals surface area contributed by atoms with Crippen molar-refractivity contribution in [1.82, 2.24) is 0 Å². The van der Waals surface area contributed by atoms with Crippen molar-refractivity contribution in [2.24, 2.45) is 0 Å². The lowest BCUT2D eigenvalue weighted by molar-refractivity contribution is -0.131. The summed E-state index contributed by atoms with van der Waals surface area (Å²) in [5.41, 5.74) is 5.09. The molecule has 0 aliphatic heterocycles. The van der Waals surface area contributed by atoms with Crippen LogP contribution in [0.15, 0.2) is 48.1 Å². The predicted molar refractivity (Wildman–Crippen MR) is 85.3 cm³/mol. The number of benzene rings is 1. The first-order chi connectivity index (χ1) is 10.1. The highest BCUT2D eigenvalue weighted by atomic mass is 16.4. The van der Waals surface area contributed by atoms with Gasteiger partial charge in [-0.05, 0) is 60.3 Å². The van der Waals surface area contributed by atoms with Crippen molar-refractivity contribution in [3.8, 4) is 0 Å². The summed E-state index contributed by atoms with van der Waals surface area (Å²) in [5, 5.41) is 8.63. The Morgan fingerprint density at radius 3 is 2.71 bits per heavy atom. The van der Waals surface area contributed by atoms with E-state index in [1.165, 1.54) is 30.9 Å². The third-order valence-electron chi connectivity index (χ3n) is 4.53. The van der Waals surface area contributed by atoms with Gasteiger partial charge in [-0.2, -0.15) is 0 Å². The van der Waals surface area contributed by atoms with Gasteiger partial charge in [-0.25, -0.2) is 4.79 Å². The molecule has 0 aromatic heterocycles. The Kier molecular flexibility index (Phi) is 3.78. The Labute approximate surface area is 125 Å². The lowest BCUT2D eigenvalue weighted by Crippen LogP contribution is -1.97. The van der Waals surface area contributed by atoms with Gasteiger partial charge in [-0.3, -0.25) is 0 Å². The lowest BCUT2D eigenvalue weighted by Gasteiger charge is -2.15. The van der Waals surface area contributed by atoms with Gasteiger partial charge >= 0.3 is 5.97 Å². The molecule has 2 nitrogen and oxygen atoms in total. The molecule has 1 fully saturated rings. The quantitative estimate of drug-likeness (QED) is 0.643. The smallest absolute Gasteiger partial charge is 0.328 e. The molecule has 21 heavy (non-hydrogen) atoms. The molecule has 2 aliphatic carbocycles. The first-order valence-corrected chi connectivity index (χ1v) is 7.53. The molecular weight excluding hydrogens is 260 g/mol. The largest absolute Gasteiger partial charge is 0.478 e. The molecule has 3 rings (SSSR count). The summed E-state index contributed by atoms with van der Waals surface area (Å²) < 4.78 is 0. The van der Waals surface area contributed by atoms with E-state index in [2.05, 4.69) is 24.3 Å². The zero-order valence-corrected chi connectivity index (χ0v) is 12.3. The number of hydrogen-bond donors (Lipinski definition) is 1. The van der Waals surface area contributed by atoms with Gasteiger partial charge in [0.25, 0.3) is 0 Å². The van der Waals surface area contributed by atoms with Gasteiger partial charge in [0, 0.05) is 6.08 Å². The second-order valence-corrected chi connectivity index (χ2v) is 6.04. The van der Waals surface area contributed by atoms with Crippen molar-refractivity contribution in [1.29, 1.82) is 0 Å². The number of carboxylic acids is 1. The summed E-state index contributed by atoms with van der Waals surface area (Å²) in [6.07, 6.45) is 13.0. The first kappa shape index (κ1) is 13.9. The summed E-state index contributed by atoms with van der Waals surface area (Å²) in [6, 6.07) is 6.80. The molecule has 1 saturated carbocycles. The van der Waals surface area contributed by atoms with E-state index in [0.717, 1.165) is 17.4 Å². The highest BCUT2D eigenvalue weighted by Crippen LogP contribution is 2.53. The normalized spacial score (nSPS) is 24.1. The Morgan fingerprint density at radius 1 is 1.19 bits per heavy atom. The standard InChI is InChI=1S/C19H20O2/c1-13(10-19(20)21)4-2-3-5-14-6-9-17-15-7-8-16(12-15)18(17)11-14/h2-6,9-11,15-16H,7-8,12H2,1H3,(H,20,21). The number of fused-ring (bicyclic) bond motifs is 5. The number of carbonyl (C=O) groups is 1. The van der Waals surface area contributed by atoms with E-state index in [1.54, 1.807) is 24.1 Å². The molecule has 0 saturated heterocycles. The Hall–Kier alpha value is -2.09. The molecule has 0 amide bonds. The van der Waals surface area contributed by atoms with E-state index in [-0.39, 0.29) is 0 Å². The highest BCUT2D eigenvalue weighted by Gasteiger charge is 2.36. The van der Waals surface area contributed by atoms with Crippen molar-refractivity contribution < 1.29 is 9.90 Å². The Morgan fingerprint density at radius 2 is 1.95 bits per heavy atom.